The first-order chi connectivity index (χ1) is 13.2. The Bertz CT molecular complexity index is 792. The van der Waals surface area contributed by atoms with Crippen molar-refractivity contribution >= 4 is 29.9 Å². The Labute approximate surface area is 185 Å². The second-order valence-electron chi connectivity index (χ2n) is 6.58. The van der Waals surface area contributed by atoms with Gasteiger partial charge in [0.2, 0.25) is 5.60 Å². The first kappa shape index (κ1) is 25.2. The third-order valence-corrected chi connectivity index (χ3v) is 4.32. The van der Waals surface area contributed by atoms with Gasteiger partial charge in [0, 0.05) is 39.0 Å². The topological polar surface area (TPSA) is 74.5 Å². The number of alkyl halides is 3. The lowest BCUT2D eigenvalue weighted by molar-refractivity contribution is -0.272. The van der Waals surface area contributed by atoms with E-state index in [9.17, 15) is 18.3 Å². The Hall–Kier alpha value is -1.82. The van der Waals surface area contributed by atoms with Gasteiger partial charge in [-0.3, -0.25) is 0 Å². The number of aromatic nitrogens is 2. The lowest BCUT2D eigenvalue weighted by Gasteiger charge is -2.30. The van der Waals surface area contributed by atoms with Crippen LogP contribution in [0.25, 0.3) is 0 Å². The molecule has 2 aromatic rings. The van der Waals surface area contributed by atoms with Gasteiger partial charge in [-0.05, 0) is 19.4 Å². The fourth-order valence-electron chi connectivity index (χ4n) is 2.71. The van der Waals surface area contributed by atoms with Crippen molar-refractivity contribution in [3.63, 3.8) is 0 Å². The van der Waals surface area contributed by atoms with E-state index in [2.05, 4.69) is 20.6 Å². The maximum absolute atomic E-state index is 13.5. The van der Waals surface area contributed by atoms with Crippen molar-refractivity contribution in [3.8, 4) is 0 Å². The van der Waals surface area contributed by atoms with E-state index < -0.39 is 24.0 Å². The van der Waals surface area contributed by atoms with Crippen molar-refractivity contribution < 1.29 is 18.3 Å². The molecular weight excluding hydrogens is 498 g/mol. The van der Waals surface area contributed by atoms with Crippen LogP contribution in [0, 0.1) is 6.92 Å². The molecule has 0 aliphatic carbocycles. The molecule has 0 spiro atoms. The van der Waals surface area contributed by atoms with Gasteiger partial charge in [-0.2, -0.15) is 13.2 Å². The second-order valence-corrected chi connectivity index (χ2v) is 6.58. The van der Waals surface area contributed by atoms with Crippen molar-refractivity contribution in [1.29, 1.82) is 0 Å². The molecule has 1 unspecified atom stereocenters. The Morgan fingerprint density at radius 2 is 1.86 bits per heavy atom. The van der Waals surface area contributed by atoms with Gasteiger partial charge >= 0.3 is 6.18 Å². The van der Waals surface area contributed by atoms with Gasteiger partial charge in [-0.15, -0.1) is 24.0 Å². The smallest absolute Gasteiger partial charge is 0.374 e. The number of hydrogen-bond acceptors (Lipinski definition) is 3. The quantitative estimate of drug-likeness (QED) is 0.295. The van der Waals surface area contributed by atoms with E-state index in [0.29, 0.717) is 19.0 Å². The number of nitrogens with zero attached hydrogens (tertiary/aromatic N) is 3. The average Bonchev–Trinajstić information content (AvgIpc) is 3.06. The third kappa shape index (κ3) is 6.59. The molecule has 10 heteroatoms. The highest BCUT2D eigenvalue weighted by atomic mass is 127. The molecule has 0 saturated carbocycles. The van der Waals surface area contributed by atoms with Crippen molar-refractivity contribution in [2.75, 3.05) is 13.1 Å². The summed E-state index contributed by atoms with van der Waals surface area (Å²) in [6, 6.07) is 7.85. The first-order valence-corrected chi connectivity index (χ1v) is 9.02. The molecule has 0 amide bonds. The van der Waals surface area contributed by atoms with Crippen molar-refractivity contribution in [2.24, 2.45) is 12.0 Å². The van der Waals surface area contributed by atoms with Crippen LogP contribution in [-0.4, -0.2) is 39.9 Å². The zero-order chi connectivity index (χ0) is 20.8. The predicted molar refractivity (Wildman–Crippen MR) is 117 cm³/mol. The van der Waals surface area contributed by atoms with Gasteiger partial charge < -0.3 is 20.3 Å². The van der Waals surface area contributed by atoms with Crippen LogP contribution >= 0.6 is 24.0 Å². The summed E-state index contributed by atoms with van der Waals surface area (Å²) in [7, 11) is 1.42. The van der Waals surface area contributed by atoms with Crippen LogP contribution < -0.4 is 10.6 Å². The first-order valence-electron chi connectivity index (χ1n) is 9.02. The number of hydrogen-bond donors (Lipinski definition) is 3. The molecular formula is C19H27F3IN5O. The van der Waals surface area contributed by atoms with Crippen LogP contribution in [0.2, 0.25) is 0 Å². The summed E-state index contributed by atoms with van der Waals surface area (Å²) in [6.07, 6.45) is -2.86. The fraction of sp³-hybridized carbons (Fsp3) is 0.474. The molecule has 1 aromatic heterocycles. The van der Waals surface area contributed by atoms with Gasteiger partial charge in [-0.25, -0.2) is 9.98 Å². The molecule has 0 saturated heterocycles. The SMILES string of the molecule is CCNC(=NCc1ccc(C)cc1)NCCC(O)(c1nccn1C)C(F)(F)F.I. The third-order valence-electron chi connectivity index (χ3n) is 4.32. The van der Waals surface area contributed by atoms with Crippen LogP contribution in [0.3, 0.4) is 0 Å². The highest BCUT2D eigenvalue weighted by molar-refractivity contribution is 14.0. The van der Waals surface area contributed by atoms with Gasteiger partial charge in [-0.1, -0.05) is 29.8 Å². The standard InChI is InChI=1S/C19H26F3N5O.HI/c1-4-23-17(26-13-15-7-5-14(2)6-8-15)25-10-9-18(28,19(20,21)22)16-24-11-12-27(16)3;/h5-8,11-12,28H,4,9-10,13H2,1-3H3,(H2,23,25,26);1H. The van der Waals surface area contributed by atoms with Crippen LogP contribution in [-0.2, 0) is 19.2 Å². The van der Waals surface area contributed by atoms with Crippen LogP contribution in [0.4, 0.5) is 13.2 Å². The Morgan fingerprint density at radius 1 is 1.21 bits per heavy atom. The minimum absolute atomic E-state index is 0. The van der Waals surface area contributed by atoms with E-state index in [1.165, 1.54) is 24.0 Å². The monoisotopic (exact) mass is 525 g/mol. The summed E-state index contributed by atoms with van der Waals surface area (Å²) in [6.45, 7) is 4.66. The largest absolute Gasteiger partial charge is 0.424 e. The predicted octanol–water partition coefficient (Wildman–Crippen LogP) is 3.24. The average molecular weight is 525 g/mol. The lowest BCUT2D eigenvalue weighted by atomic mass is 9.97. The maximum atomic E-state index is 13.5. The summed E-state index contributed by atoms with van der Waals surface area (Å²) < 4.78 is 41.8. The number of aryl methyl sites for hydroxylation is 2. The number of guanidine groups is 1. The lowest BCUT2D eigenvalue weighted by Crippen LogP contribution is -2.47. The van der Waals surface area contributed by atoms with E-state index in [0.717, 1.165) is 11.1 Å². The Balaban J connectivity index is 0.00000420. The summed E-state index contributed by atoms with van der Waals surface area (Å²) in [5.74, 6) is -0.0594. The van der Waals surface area contributed by atoms with Gasteiger partial charge in [0.15, 0.2) is 5.96 Å². The van der Waals surface area contributed by atoms with Crippen molar-refractivity contribution in [1.82, 2.24) is 20.2 Å². The second kappa shape index (κ2) is 10.8. The zero-order valence-electron chi connectivity index (χ0n) is 16.6. The minimum atomic E-state index is -4.86. The summed E-state index contributed by atoms with van der Waals surface area (Å²) in [4.78, 5) is 8.08. The number of imidazole rings is 1. The normalized spacial score (nSPS) is 14.1. The molecule has 1 atom stereocenters. The number of nitrogens with one attached hydrogen (secondary N) is 2. The van der Waals surface area contributed by atoms with Crippen molar-refractivity contribution in [2.45, 2.75) is 38.6 Å². The van der Waals surface area contributed by atoms with Gasteiger partial charge in [0.05, 0.1) is 6.54 Å². The number of aliphatic hydroxyl groups is 1. The molecule has 0 radical (unpaired) electrons. The molecule has 162 valence electrons. The van der Waals surface area contributed by atoms with E-state index >= 15 is 0 Å². The van der Waals surface area contributed by atoms with E-state index in [4.69, 9.17) is 0 Å². The molecule has 1 heterocycles. The van der Waals surface area contributed by atoms with Crippen LogP contribution in [0.15, 0.2) is 41.7 Å². The molecule has 0 aliphatic heterocycles. The molecule has 0 bridgehead atoms. The van der Waals surface area contributed by atoms with Gasteiger partial charge in [0.1, 0.15) is 5.82 Å². The molecule has 6 nitrogen and oxygen atoms in total. The Kier molecular flexibility index (Phi) is 9.40. The Morgan fingerprint density at radius 3 is 2.38 bits per heavy atom. The van der Waals surface area contributed by atoms with Crippen molar-refractivity contribution in [3.05, 3.63) is 53.6 Å². The number of benzene rings is 1. The van der Waals surface area contributed by atoms with Crippen LogP contribution in [0.5, 0.6) is 0 Å². The van der Waals surface area contributed by atoms with E-state index in [1.54, 1.807) is 0 Å². The molecule has 0 fully saturated rings. The molecule has 29 heavy (non-hydrogen) atoms. The zero-order valence-corrected chi connectivity index (χ0v) is 19.0. The summed E-state index contributed by atoms with van der Waals surface area (Å²) in [5.41, 5.74) is -0.923. The minimum Gasteiger partial charge on any atom is -0.374 e. The van der Waals surface area contributed by atoms with Gasteiger partial charge in [0.25, 0.3) is 0 Å². The fourth-order valence-corrected chi connectivity index (χ4v) is 2.71. The number of rotatable bonds is 7. The highest BCUT2D eigenvalue weighted by Crippen LogP contribution is 2.40. The molecule has 1 aromatic carbocycles. The summed E-state index contributed by atoms with van der Waals surface area (Å²) in [5, 5.41) is 16.2. The number of aliphatic imine (C=N–C) groups is 1. The molecule has 2 rings (SSSR count). The van der Waals surface area contributed by atoms with Crippen LogP contribution in [0.1, 0.15) is 30.3 Å². The highest BCUT2D eigenvalue weighted by Gasteiger charge is 2.57. The van der Waals surface area contributed by atoms with E-state index in [1.807, 2.05) is 38.1 Å². The maximum Gasteiger partial charge on any atom is 0.424 e. The number of halogens is 4. The summed E-state index contributed by atoms with van der Waals surface area (Å²) >= 11 is 0. The molecule has 3 N–H and O–H groups in total. The molecule has 0 aliphatic rings. The van der Waals surface area contributed by atoms with E-state index in [-0.39, 0.29) is 30.5 Å².